The lowest BCUT2D eigenvalue weighted by atomic mass is 10.1. The van der Waals surface area contributed by atoms with Crippen LogP contribution >= 0.6 is 0 Å². The molecule has 0 amide bonds. The van der Waals surface area contributed by atoms with Gasteiger partial charge in [-0.25, -0.2) is 0 Å². The molecule has 0 aliphatic carbocycles. The third kappa shape index (κ3) is 5.62. The molecule has 6 nitrogen and oxygen atoms in total. The predicted molar refractivity (Wildman–Crippen MR) is 112 cm³/mol. The van der Waals surface area contributed by atoms with Crippen LogP contribution in [-0.2, 0) is 19.7 Å². The molecule has 0 spiro atoms. The van der Waals surface area contributed by atoms with Crippen LogP contribution in [0.4, 0.5) is 0 Å². The monoisotopic (exact) mass is 394 g/mol. The third-order valence-corrected chi connectivity index (χ3v) is 4.44. The molecule has 0 saturated heterocycles. The van der Waals surface area contributed by atoms with Crippen molar-refractivity contribution >= 4 is 0 Å². The van der Waals surface area contributed by atoms with Gasteiger partial charge in [-0.15, -0.1) is 0 Å². The van der Waals surface area contributed by atoms with E-state index in [1.54, 1.807) is 27.5 Å². The highest BCUT2D eigenvalue weighted by atomic mass is 16.5. The van der Waals surface area contributed by atoms with E-state index in [-0.39, 0.29) is 0 Å². The second-order valence-electron chi connectivity index (χ2n) is 6.38. The zero-order chi connectivity index (χ0) is 20.5. The first kappa shape index (κ1) is 20.5. The molecule has 0 bridgehead atoms. The van der Waals surface area contributed by atoms with Crippen molar-refractivity contribution in [1.82, 2.24) is 10.3 Å². The normalized spacial score (nSPS) is 10.4. The van der Waals surface area contributed by atoms with Gasteiger partial charge in [-0.1, -0.05) is 18.2 Å². The van der Waals surface area contributed by atoms with Crippen molar-refractivity contribution in [3.63, 3.8) is 0 Å². The SMILES string of the molecule is COc1cc(OC)c(OC)cc1CNCc1cccc(OCc2ccccn2)c1. The molecule has 29 heavy (non-hydrogen) atoms. The van der Waals surface area contributed by atoms with E-state index < -0.39 is 0 Å². The number of ether oxygens (including phenoxy) is 4. The molecule has 6 heteroatoms. The van der Waals surface area contributed by atoms with Crippen LogP contribution in [0.3, 0.4) is 0 Å². The van der Waals surface area contributed by atoms with Crippen LogP contribution in [0, 0.1) is 0 Å². The number of hydrogen-bond donors (Lipinski definition) is 1. The van der Waals surface area contributed by atoms with Crippen molar-refractivity contribution in [2.75, 3.05) is 21.3 Å². The Bertz CT molecular complexity index is 916. The molecule has 1 heterocycles. The van der Waals surface area contributed by atoms with Crippen molar-refractivity contribution in [3.8, 4) is 23.0 Å². The van der Waals surface area contributed by atoms with Crippen LogP contribution in [0.1, 0.15) is 16.8 Å². The molecule has 0 atom stereocenters. The molecule has 0 aliphatic heterocycles. The van der Waals surface area contributed by atoms with E-state index in [1.807, 2.05) is 48.5 Å². The Kier molecular flexibility index (Phi) is 7.30. The standard InChI is InChI=1S/C23H26N2O4/c1-26-21-13-23(28-3)22(27-2)12-18(21)15-24-14-17-7-6-9-20(11-17)29-16-19-8-4-5-10-25-19/h4-13,24H,14-16H2,1-3H3. The van der Waals surface area contributed by atoms with Crippen LogP contribution in [0.2, 0.25) is 0 Å². The Morgan fingerprint density at radius 1 is 0.793 bits per heavy atom. The summed E-state index contributed by atoms with van der Waals surface area (Å²) in [7, 11) is 4.88. The minimum Gasteiger partial charge on any atom is -0.496 e. The summed E-state index contributed by atoms with van der Waals surface area (Å²) in [6.07, 6.45) is 1.77. The van der Waals surface area contributed by atoms with Gasteiger partial charge in [-0.05, 0) is 35.9 Å². The number of hydrogen-bond acceptors (Lipinski definition) is 6. The highest BCUT2D eigenvalue weighted by Gasteiger charge is 2.11. The summed E-state index contributed by atoms with van der Waals surface area (Å²) >= 11 is 0. The summed E-state index contributed by atoms with van der Waals surface area (Å²) in [5.74, 6) is 2.89. The Morgan fingerprint density at radius 3 is 2.31 bits per heavy atom. The Morgan fingerprint density at radius 2 is 1.59 bits per heavy atom. The maximum Gasteiger partial charge on any atom is 0.164 e. The summed E-state index contributed by atoms with van der Waals surface area (Å²) in [6.45, 7) is 1.77. The molecule has 0 unspecified atom stereocenters. The molecule has 152 valence electrons. The van der Waals surface area contributed by atoms with Gasteiger partial charge >= 0.3 is 0 Å². The maximum atomic E-state index is 5.85. The van der Waals surface area contributed by atoms with E-state index in [1.165, 1.54) is 0 Å². The molecule has 1 aromatic heterocycles. The molecule has 2 aromatic carbocycles. The average molecular weight is 394 g/mol. The number of rotatable bonds is 10. The number of nitrogens with one attached hydrogen (secondary N) is 1. The molecule has 0 radical (unpaired) electrons. The number of pyridine rings is 1. The Labute approximate surface area is 171 Å². The lowest BCUT2D eigenvalue weighted by Crippen LogP contribution is -2.13. The topological polar surface area (TPSA) is 61.8 Å². The first-order chi connectivity index (χ1) is 14.2. The molecule has 3 rings (SSSR count). The van der Waals surface area contributed by atoms with Gasteiger partial charge in [0.25, 0.3) is 0 Å². The highest BCUT2D eigenvalue weighted by molar-refractivity contribution is 5.50. The van der Waals surface area contributed by atoms with Crippen LogP contribution < -0.4 is 24.3 Å². The van der Waals surface area contributed by atoms with E-state index in [4.69, 9.17) is 18.9 Å². The quantitative estimate of drug-likeness (QED) is 0.561. The average Bonchev–Trinajstić information content (AvgIpc) is 2.78. The first-order valence-electron chi connectivity index (χ1n) is 9.34. The van der Waals surface area contributed by atoms with Gasteiger partial charge in [-0.2, -0.15) is 0 Å². The molecule has 1 N–H and O–H groups in total. The first-order valence-corrected chi connectivity index (χ1v) is 9.34. The van der Waals surface area contributed by atoms with E-state index in [0.717, 1.165) is 28.3 Å². The predicted octanol–water partition coefficient (Wildman–Crippen LogP) is 3.98. The van der Waals surface area contributed by atoms with Gasteiger partial charge < -0.3 is 24.3 Å². The van der Waals surface area contributed by atoms with Gasteiger partial charge in [0.05, 0.1) is 27.0 Å². The minimum atomic E-state index is 0.445. The number of aromatic nitrogens is 1. The lowest BCUT2D eigenvalue weighted by Gasteiger charge is -2.15. The van der Waals surface area contributed by atoms with E-state index in [0.29, 0.717) is 31.2 Å². The van der Waals surface area contributed by atoms with Crippen molar-refractivity contribution in [3.05, 3.63) is 77.6 Å². The maximum absolute atomic E-state index is 5.85. The van der Waals surface area contributed by atoms with Crippen molar-refractivity contribution in [1.29, 1.82) is 0 Å². The van der Waals surface area contributed by atoms with Crippen molar-refractivity contribution in [2.45, 2.75) is 19.7 Å². The smallest absolute Gasteiger partial charge is 0.164 e. The fourth-order valence-corrected chi connectivity index (χ4v) is 2.96. The van der Waals surface area contributed by atoms with Gasteiger partial charge in [-0.3, -0.25) is 4.98 Å². The zero-order valence-electron chi connectivity index (χ0n) is 17.0. The number of methoxy groups -OCH3 is 3. The second kappa shape index (κ2) is 10.3. The molecule has 3 aromatic rings. The molecular formula is C23H26N2O4. The van der Waals surface area contributed by atoms with Gasteiger partial charge in [0.2, 0.25) is 0 Å². The van der Waals surface area contributed by atoms with Crippen molar-refractivity contribution < 1.29 is 18.9 Å². The highest BCUT2D eigenvalue weighted by Crippen LogP contribution is 2.34. The van der Waals surface area contributed by atoms with Crippen LogP contribution in [0.15, 0.2) is 60.8 Å². The van der Waals surface area contributed by atoms with E-state index >= 15 is 0 Å². The van der Waals surface area contributed by atoms with Crippen molar-refractivity contribution in [2.24, 2.45) is 0 Å². The van der Waals surface area contributed by atoms with Gasteiger partial charge in [0, 0.05) is 30.9 Å². The summed E-state index contributed by atoms with van der Waals surface area (Å²) in [4.78, 5) is 4.27. The third-order valence-electron chi connectivity index (χ3n) is 4.44. The summed E-state index contributed by atoms with van der Waals surface area (Å²) < 4.78 is 22.1. The molecular weight excluding hydrogens is 368 g/mol. The largest absolute Gasteiger partial charge is 0.496 e. The minimum absolute atomic E-state index is 0.445. The Balaban J connectivity index is 1.59. The zero-order valence-corrected chi connectivity index (χ0v) is 17.0. The number of benzene rings is 2. The lowest BCUT2D eigenvalue weighted by molar-refractivity contribution is 0.301. The van der Waals surface area contributed by atoms with Gasteiger partial charge in [0.15, 0.2) is 11.5 Å². The van der Waals surface area contributed by atoms with Gasteiger partial charge in [0.1, 0.15) is 18.1 Å². The summed E-state index contributed by atoms with van der Waals surface area (Å²) in [6, 6.07) is 17.6. The Hall–Kier alpha value is -3.25. The molecule has 0 saturated carbocycles. The summed E-state index contributed by atoms with van der Waals surface area (Å²) in [5, 5.41) is 3.44. The fraction of sp³-hybridized carbons (Fsp3) is 0.261. The van der Waals surface area contributed by atoms with Crippen LogP contribution in [-0.4, -0.2) is 26.3 Å². The van der Waals surface area contributed by atoms with E-state index in [9.17, 15) is 0 Å². The van der Waals surface area contributed by atoms with Crippen LogP contribution in [0.25, 0.3) is 0 Å². The second-order valence-corrected chi connectivity index (χ2v) is 6.38. The fourth-order valence-electron chi connectivity index (χ4n) is 2.96. The van der Waals surface area contributed by atoms with E-state index in [2.05, 4.69) is 16.4 Å². The summed E-state index contributed by atoms with van der Waals surface area (Å²) in [5.41, 5.74) is 3.02. The molecule has 0 aliphatic rings. The van der Waals surface area contributed by atoms with Crippen LogP contribution in [0.5, 0.6) is 23.0 Å². The number of nitrogens with zero attached hydrogens (tertiary/aromatic N) is 1. The molecule has 0 fully saturated rings.